The molecule has 0 radical (unpaired) electrons. The molecule has 1 N–H and O–H groups in total. The van der Waals surface area contributed by atoms with Gasteiger partial charge in [-0.05, 0) is 83.7 Å². The Morgan fingerprint density at radius 3 is 2.69 bits per heavy atom. The van der Waals surface area contributed by atoms with E-state index in [-0.39, 0.29) is 23.6 Å². The Kier molecular flexibility index (Phi) is 8.96. The maximum Gasteiger partial charge on any atom is 0.309 e. The number of nitrogens with zero attached hydrogens (tertiary/aromatic N) is 3. The average molecular weight is 537 g/mol. The predicted molar refractivity (Wildman–Crippen MR) is 155 cm³/mol. The number of aromatic nitrogens is 3. The van der Waals surface area contributed by atoms with Crippen molar-refractivity contribution in [3.05, 3.63) is 51.9 Å². The Bertz CT molecular complexity index is 1350. The van der Waals surface area contributed by atoms with Crippen LogP contribution in [0, 0.1) is 18.8 Å². The van der Waals surface area contributed by atoms with Gasteiger partial charge < -0.3 is 23.9 Å². The van der Waals surface area contributed by atoms with Gasteiger partial charge in [0.25, 0.3) is 5.56 Å². The molecule has 1 fully saturated rings. The van der Waals surface area contributed by atoms with Gasteiger partial charge in [0.15, 0.2) is 0 Å². The number of likely N-dealkylation sites (N-methyl/N-ethyl adjacent to an activating group) is 1. The number of carbonyl (C=O) groups is 1. The summed E-state index contributed by atoms with van der Waals surface area (Å²) in [5, 5.41) is 0. The molecule has 2 aromatic heterocycles. The minimum Gasteiger partial charge on any atom is -0.460 e. The van der Waals surface area contributed by atoms with Gasteiger partial charge in [-0.2, -0.15) is 0 Å². The molecule has 0 amide bonds. The molecular weight excluding hydrogens is 492 g/mol. The van der Waals surface area contributed by atoms with E-state index in [1.165, 1.54) is 0 Å². The van der Waals surface area contributed by atoms with Crippen LogP contribution in [0.25, 0.3) is 22.4 Å². The molecule has 1 unspecified atom stereocenters. The predicted octanol–water partition coefficient (Wildman–Crippen LogP) is 4.97. The summed E-state index contributed by atoms with van der Waals surface area (Å²) >= 11 is 0. The van der Waals surface area contributed by atoms with Crippen molar-refractivity contribution in [3.8, 4) is 11.4 Å². The summed E-state index contributed by atoms with van der Waals surface area (Å²) in [5.74, 6) is 0.960. The maximum atomic E-state index is 12.9. The van der Waals surface area contributed by atoms with Gasteiger partial charge in [0.2, 0.25) is 0 Å². The third-order valence-corrected chi connectivity index (χ3v) is 7.17. The number of hydrogen-bond acceptors (Lipinski definition) is 6. The quantitative estimate of drug-likeness (QED) is 0.389. The van der Waals surface area contributed by atoms with Gasteiger partial charge in [-0.1, -0.05) is 19.9 Å². The molecule has 4 rings (SSSR count). The zero-order valence-electron chi connectivity index (χ0n) is 24.5. The number of carbonyl (C=O) groups excluding carboxylic acids is 1. The average Bonchev–Trinajstić information content (AvgIpc) is 3.19. The van der Waals surface area contributed by atoms with E-state index < -0.39 is 5.60 Å². The molecule has 8 nitrogen and oxygen atoms in total. The zero-order valence-corrected chi connectivity index (χ0v) is 24.5. The van der Waals surface area contributed by atoms with Crippen LogP contribution < -0.4 is 5.56 Å². The Morgan fingerprint density at radius 2 is 2.03 bits per heavy atom. The molecule has 1 aliphatic heterocycles. The summed E-state index contributed by atoms with van der Waals surface area (Å²) in [6, 6.07) is 8.28. The van der Waals surface area contributed by atoms with E-state index in [9.17, 15) is 9.59 Å². The molecule has 3 aromatic rings. The van der Waals surface area contributed by atoms with E-state index in [1.807, 2.05) is 33.8 Å². The van der Waals surface area contributed by atoms with E-state index in [1.54, 1.807) is 6.20 Å². The van der Waals surface area contributed by atoms with Gasteiger partial charge in [0.1, 0.15) is 11.4 Å². The summed E-state index contributed by atoms with van der Waals surface area (Å²) in [6.07, 6.45) is 4.08. The molecule has 0 spiro atoms. The van der Waals surface area contributed by atoms with Crippen LogP contribution in [0.1, 0.15) is 58.6 Å². The highest BCUT2D eigenvalue weighted by atomic mass is 16.6. The second kappa shape index (κ2) is 12.0. The number of ether oxygens (including phenoxy) is 2. The van der Waals surface area contributed by atoms with Gasteiger partial charge >= 0.3 is 5.97 Å². The number of morpholine rings is 1. The summed E-state index contributed by atoms with van der Waals surface area (Å²) in [6.45, 7) is 15.0. The fraction of sp³-hybridized carbons (Fsp3) is 0.581. The number of rotatable bonds is 9. The fourth-order valence-corrected chi connectivity index (χ4v) is 5.27. The lowest BCUT2D eigenvalue weighted by Crippen LogP contribution is -2.42. The molecule has 212 valence electrons. The van der Waals surface area contributed by atoms with Gasteiger partial charge in [-0.3, -0.25) is 9.59 Å². The Balaban J connectivity index is 1.63. The second-order valence-electron chi connectivity index (χ2n) is 12.4. The number of imidazole rings is 1. The molecule has 39 heavy (non-hydrogen) atoms. The second-order valence-corrected chi connectivity index (χ2v) is 12.4. The van der Waals surface area contributed by atoms with Gasteiger partial charge in [0.05, 0.1) is 36.2 Å². The van der Waals surface area contributed by atoms with Crippen molar-refractivity contribution < 1.29 is 14.3 Å². The summed E-state index contributed by atoms with van der Waals surface area (Å²) in [5.41, 5.74) is 4.00. The van der Waals surface area contributed by atoms with Crippen LogP contribution in [-0.2, 0) is 27.2 Å². The number of fused-ring (bicyclic) bond motifs is 1. The molecule has 0 bridgehead atoms. The van der Waals surface area contributed by atoms with Crippen molar-refractivity contribution >= 4 is 17.0 Å². The number of aromatic amines is 1. The van der Waals surface area contributed by atoms with Crippen LogP contribution in [0.15, 0.2) is 35.3 Å². The first-order valence-electron chi connectivity index (χ1n) is 14.1. The van der Waals surface area contributed by atoms with E-state index in [4.69, 9.17) is 14.5 Å². The van der Waals surface area contributed by atoms with Crippen LogP contribution in [0.3, 0.4) is 0 Å². The molecular formula is C31H44N4O4. The maximum absolute atomic E-state index is 12.9. The van der Waals surface area contributed by atoms with Crippen molar-refractivity contribution in [2.75, 3.05) is 26.7 Å². The van der Waals surface area contributed by atoms with E-state index in [2.05, 4.69) is 53.5 Å². The first kappa shape index (κ1) is 29.0. The number of benzene rings is 1. The standard InChI is InChI=1S/C31H44N4O4/c1-20(2)14-23(30(37)39-31(4,5)6)10-8-22-9-11-27-26(16-22)33-28(24-15-21(3)29(36)32-17-24)35(27)19-25-18-34(7)12-13-38-25/h9,11,15-17,20,23,25H,8,10,12-14,18-19H2,1-7H3,(H,32,36)/t23-,25?/m0/s1. The highest BCUT2D eigenvalue weighted by Crippen LogP contribution is 2.28. The molecule has 0 saturated carbocycles. The lowest BCUT2D eigenvalue weighted by atomic mass is 9.91. The first-order chi connectivity index (χ1) is 18.4. The minimum absolute atomic E-state index is 0.0501. The summed E-state index contributed by atoms with van der Waals surface area (Å²) in [7, 11) is 2.11. The number of H-pyrrole nitrogens is 1. The molecule has 1 aromatic carbocycles. The third-order valence-electron chi connectivity index (χ3n) is 7.17. The molecule has 2 atom stereocenters. The van der Waals surface area contributed by atoms with Crippen LogP contribution in [0.4, 0.5) is 0 Å². The van der Waals surface area contributed by atoms with Crippen molar-refractivity contribution in [2.45, 2.75) is 79.1 Å². The Hall–Kier alpha value is -2.97. The highest BCUT2D eigenvalue weighted by Gasteiger charge is 2.26. The SMILES string of the molecule is Cc1cc(-c2nc3cc(CC[C@@H](CC(C)C)C(=O)OC(C)(C)C)ccc3n2CC2CN(C)CCO2)c[nH]c1=O. The van der Waals surface area contributed by atoms with Crippen molar-refractivity contribution in [3.63, 3.8) is 0 Å². The van der Waals surface area contributed by atoms with Crippen LogP contribution >= 0.6 is 0 Å². The number of esters is 1. The largest absolute Gasteiger partial charge is 0.460 e. The lowest BCUT2D eigenvalue weighted by Gasteiger charge is -2.30. The summed E-state index contributed by atoms with van der Waals surface area (Å²) < 4.78 is 14.0. The smallest absolute Gasteiger partial charge is 0.309 e. The number of aryl methyl sites for hydroxylation is 2. The Morgan fingerprint density at radius 1 is 1.26 bits per heavy atom. The normalized spacial score (nSPS) is 17.6. The van der Waals surface area contributed by atoms with E-state index in [0.717, 1.165) is 60.3 Å². The number of nitrogens with one attached hydrogen (secondary N) is 1. The third kappa shape index (κ3) is 7.57. The van der Waals surface area contributed by atoms with Crippen LogP contribution in [0.5, 0.6) is 0 Å². The Labute approximate surface area is 231 Å². The molecule has 1 aliphatic rings. The van der Waals surface area contributed by atoms with E-state index >= 15 is 0 Å². The van der Waals surface area contributed by atoms with Crippen molar-refractivity contribution in [2.24, 2.45) is 11.8 Å². The van der Waals surface area contributed by atoms with Gasteiger partial charge in [0, 0.05) is 30.4 Å². The minimum atomic E-state index is -0.495. The van der Waals surface area contributed by atoms with Gasteiger partial charge in [-0.15, -0.1) is 0 Å². The van der Waals surface area contributed by atoms with Gasteiger partial charge in [-0.25, -0.2) is 4.98 Å². The van der Waals surface area contributed by atoms with Crippen molar-refractivity contribution in [1.82, 2.24) is 19.4 Å². The monoisotopic (exact) mass is 536 g/mol. The van der Waals surface area contributed by atoms with Crippen molar-refractivity contribution in [1.29, 1.82) is 0 Å². The molecule has 0 aliphatic carbocycles. The number of hydrogen-bond donors (Lipinski definition) is 1. The number of pyridine rings is 1. The molecule has 1 saturated heterocycles. The zero-order chi connectivity index (χ0) is 28.3. The van der Waals surface area contributed by atoms with E-state index in [0.29, 0.717) is 24.6 Å². The molecule has 3 heterocycles. The molecule has 8 heteroatoms. The highest BCUT2D eigenvalue weighted by molar-refractivity contribution is 5.81. The summed E-state index contributed by atoms with van der Waals surface area (Å²) in [4.78, 5) is 35.1. The fourth-order valence-electron chi connectivity index (χ4n) is 5.27. The lowest BCUT2D eigenvalue weighted by molar-refractivity contribution is -0.160. The van der Waals surface area contributed by atoms with Crippen LogP contribution in [-0.4, -0.2) is 63.9 Å². The first-order valence-corrected chi connectivity index (χ1v) is 14.1. The topological polar surface area (TPSA) is 89.4 Å². The van der Waals surface area contributed by atoms with Crippen LogP contribution in [0.2, 0.25) is 0 Å².